The lowest BCUT2D eigenvalue weighted by molar-refractivity contribution is 0.281. The van der Waals surface area contributed by atoms with E-state index < -0.39 is 0 Å². The van der Waals surface area contributed by atoms with Gasteiger partial charge in [-0.3, -0.25) is 0 Å². The van der Waals surface area contributed by atoms with Crippen molar-refractivity contribution in [3.63, 3.8) is 0 Å². The van der Waals surface area contributed by atoms with Crippen molar-refractivity contribution >= 4 is 11.4 Å². The zero-order valence-electron chi connectivity index (χ0n) is 10.9. The van der Waals surface area contributed by atoms with E-state index in [1.807, 2.05) is 42.5 Å². The Hall–Kier alpha value is -2.20. The maximum absolute atomic E-state index is 9.10. The summed E-state index contributed by atoms with van der Waals surface area (Å²) in [6, 6.07) is 13.3. The summed E-state index contributed by atoms with van der Waals surface area (Å²) < 4.78 is 5.17. The van der Waals surface area contributed by atoms with Crippen LogP contribution in [0.4, 0.5) is 11.4 Å². The lowest BCUT2D eigenvalue weighted by Gasteiger charge is -2.11. The van der Waals surface area contributed by atoms with Crippen molar-refractivity contribution in [3.8, 4) is 5.75 Å². The van der Waals surface area contributed by atoms with Crippen LogP contribution in [0, 0.1) is 0 Å². The van der Waals surface area contributed by atoms with E-state index >= 15 is 0 Å². The van der Waals surface area contributed by atoms with Gasteiger partial charge in [0.25, 0.3) is 0 Å². The number of aliphatic hydroxyl groups is 1. The van der Waals surface area contributed by atoms with Gasteiger partial charge in [-0.05, 0) is 23.3 Å². The molecule has 0 aliphatic carbocycles. The molecule has 0 aromatic heterocycles. The van der Waals surface area contributed by atoms with E-state index in [2.05, 4.69) is 5.32 Å². The second-order valence-electron chi connectivity index (χ2n) is 4.28. The molecular weight excluding hydrogens is 240 g/mol. The van der Waals surface area contributed by atoms with Crippen molar-refractivity contribution in [2.24, 2.45) is 0 Å². The number of nitrogens with two attached hydrogens (primary N) is 1. The van der Waals surface area contributed by atoms with Crippen molar-refractivity contribution in [1.29, 1.82) is 0 Å². The van der Waals surface area contributed by atoms with E-state index in [-0.39, 0.29) is 6.61 Å². The summed E-state index contributed by atoms with van der Waals surface area (Å²) in [5, 5.41) is 12.4. The average Bonchev–Trinajstić information content (AvgIpc) is 2.46. The van der Waals surface area contributed by atoms with Gasteiger partial charge < -0.3 is 20.9 Å². The first-order chi connectivity index (χ1) is 9.22. The molecule has 4 heteroatoms. The Morgan fingerprint density at radius 3 is 2.68 bits per heavy atom. The molecule has 4 N–H and O–H groups in total. The number of nitrogen functional groups attached to an aromatic ring is 1. The summed E-state index contributed by atoms with van der Waals surface area (Å²) in [7, 11) is 1.63. The number of hydrogen-bond acceptors (Lipinski definition) is 4. The molecule has 0 atom stereocenters. The van der Waals surface area contributed by atoms with Crippen LogP contribution < -0.4 is 15.8 Å². The molecule has 0 amide bonds. The van der Waals surface area contributed by atoms with Crippen LogP contribution >= 0.6 is 0 Å². The van der Waals surface area contributed by atoms with Crippen LogP contribution in [-0.4, -0.2) is 12.2 Å². The molecule has 19 heavy (non-hydrogen) atoms. The predicted molar refractivity (Wildman–Crippen MR) is 77.1 cm³/mol. The largest absolute Gasteiger partial charge is 0.497 e. The zero-order chi connectivity index (χ0) is 13.7. The number of rotatable bonds is 5. The predicted octanol–water partition coefficient (Wildman–Crippen LogP) is 2.38. The third-order valence-electron chi connectivity index (χ3n) is 2.92. The molecule has 0 aliphatic rings. The Kier molecular flexibility index (Phi) is 4.26. The summed E-state index contributed by atoms with van der Waals surface area (Å²) in [6.45, 7) is 0.695. The van der Waals surface area contributed by atoms with Gasteiger partial charge in [-0.2, -0.15) is 0 Å². The molecule has 2 rings (SSSR count). The Bertz CT molecular complexity index is 556. The van der Waals surface area contributed by atoms with Gasteiger partial charge in [0.15, 0.2) is 0 Å². The Labute approximate surface area is 112 Å². The average molecular weight is 258 g/mol. The smallest absolute Gasteiger partial charge is 0.121 e. The summed E-state index contributed by atoms with van der Waals surface area (Å²) >= 11 is 0. The minimum Gasteiger partial charge on any atom is -0.497 e. The van der Waals surface area contributed by atoms with Gasteiger partial charge in [0.05, 0.1) is 25.1 Å². The molecule has 0 radical (unpaired) electrons. The van der Waals surface area contributed by atoms with E-state index in [0.717, 1.165) is 22.6 Å². The Balaban J connectivity index is 2.09. The topological polar surface area (TPSA) is 67.5 Å². The van der Waals surface area contributed by atoms with Crippen LogP contribution in [0.15, 0.2) is 42.5 Å². The minimum atomic E-state index is 0.0507. The second kappa shape index (κ2) is 6.11. The Morgan fingerprint density at radius 2 is 1.95 bits per heavy atom. The fourth-order valence-corrected chi connectivity index (χ4v) is 1.85. The standard InChI is InChI=1S/C15H18N2O2/c1-19-13-5-6-14(16)15(8-13)17-9-11-3-2-4-12(7-11)10-18/h2-8,17-18H,9-10,16H2,1H3. The highest BCUT2D eigenvalue weighted by molar-refractivity contribution is 5.68. The monoisotopic (exact) mass is 258 g/mol. The molecule has 0 bridgehead atoms. The number of aliphatic hydroxyl groups excluding tert-OH is 1. The molecule has 0 saturated carbocycles. The molecule has 0 saturated heterocycles. The molecule has 0 spiro atoms. The number of hydrogen-bond donors (Lipinski definition) is 3. The normalized spacial score (nSPS) is 10.2. The highest BCUT2D eigenvalue weighted by atomic mass is 16.5. The number of anilines is 2. The van der Waals surface area contributed by atoms with Crippen molar-refractivity contribution in [2.75, 3.05) is 18.2 Å². The minimum absolute atomic E-state index is 0.0507. The van der Waals surface area contributed by atoms with Crippen LogP contribution in [-0.2, 0) is 13.2 Å². The third-order valence-corrected chi connectivity index (χ3v) is 2.92. The van der Waals surface area contributed by atoms with Crippen LogP contribution in [0.2, 0.25) is 0 Å². The van der Waals surface area contributed by atoms with Crippen LogP contribution in [0.1, 0.15) is 11.1 Å². The number of methoxy groups -OCH3 is 1. The quantitative estimate of drug-likeness (QED) is 0.720. The van der Waals surface area contributed by atoms with Gasteiger partial charge in [-0.25, -0.2) is 0 Å². The van der Waals surface area contributed by atoms with E-state index in [1.54, 1.807) is 7.11 Å². The van der Waals surface area contributed by atoms with E-state index in [9.17, 15) is 0 Å². The molecule has 2 aromatic rings. The maximum Gasteiger partial charge on any atom is 0.121 e. The van der Waals surface area contributed by atoms with E-state index in [4.69, 9.17) is 15.6 Å². The molecular formula is C15H18N2O2. The second-order valence-corrected chi connectivity index (χ2v) is 4.28. The van der Waals surface area contributed by atoms with Crippen LogP contribution in [0.5, 0.6) is 5.75 Å². The summed E-state index contributed by atoms with van der Waals surface area (Å²) in [5.41, 5.74) is 9.42. The van der Waals surface area contributed by atoms with E-state index in [1.165, 1.54) is 0 Å². The lowest BCUT2D eigenvalue weighted by Crippen LogP contribution is -2.03. The first-order valence-electron chi connectivity index (χ1n) is 6.09. The first kappa shape index (κ1) is 13.2. The first-order valence-corrected chi connectivity index (χ1v) is 6.09. The molecule has 0 fully saturated rings. The Morgan fingerprint density at radius 1 is 1.16 bits per heavy atom. The SMILES string of the molecule is COc1ccc(N)c(NCc2cccc(CO)c2)c1. The summed E-state index contributed by atoms with van der Waals surface area (Å²) in [4.78, 5) is 0. The molecule has 0 heterocycles. The zero-order valence-corrected chi connectivity index (χ0v) is 10.9. The van der Waals surface area contributed by atoms with Gasteiger partial charge in [0.2, 0.25) is 0 Å². The van der Waals surface area contributed by atoms with Gasteiger partial charge in [0.1, 0.15) is 5.75 Å². The molecule has 0 unspecified atom stereocenters. The highest BCUT2D eigenvalue weighted by Crippen LogP contribution is 2.24. The van der Waals surface area contributed by atoms with Crippen molar-refractivity contribution in [3.05, 3.63) is 53.6 Å². The maximum atomic E-state index is 9.10. The van der Waals surface area contributed by atoms with Crippen LogP contribution in [0.3, 0.4) is 0 Å². The summed E-state index contributed by atoms with van der Waals surface area (Å²) in [5.74, 6) is 0.765. The molecule has 0 aliphatic heterocycles. The summed E-state index contributed by atoms with van der Waals surface area (Å²) in [6.07, 6.45) is 0. The van der Waals surface area contributed by atoms with Crippen molar-refractivity contribution in [1.82, 2.24) is 0 Å². The van der Waals surface area contributed by atoms with E-state index in [0.29, 0.717) is 12.2 Å². The number of ether oxygens (including phenoxy) is 1. The highest BCUT2D eigenvalue weighted by Gasteiger charge is 2.02. The number of nitrogens with one attached hydrogen (secondary N) is 1. The van der Waals surface area contributed by atoms with Crippen molar-refractivity contribution < 1.29 is 9.84 Å². The van der Waals surface area contributed by atoms with Gasteiger partial charge in [0, 0.05) is 12.6 Å². The molecule has 2 aromatic carbocycles. The lowest BCUT2D eigenvalue weighted by atomic mass is 10.1. The fraction of sp³-hybridized carbons (Fsp3) is 0.200. The van der Waals surface area contributed by atoms with Crippen LogP contribution in [0.25, 0.3) is 0 Å². The van der Waals surface area contributed by atoms with Gasteiger partial charge in [-0.1, -0.05) is 24.3 Å². The van der Waals surface area contributed by atoms with Gasteiger partial charge in [-0.15, -0.1) is 0 Å². The molecule has 4 nitrogen and oxygen atoms in total. The van der Waals surface area contributed by atoms with Gasteiger partial charge >= 0.3 is 0 Å². The third kappa shape index (κ3) is 3.39. The molecule has 100 valence electrons. The number of benzene rings is 2. The van der Waals surface area contributed by atoms with Crippen molar-refractivity contribution in [2.45, 2.75) is 13.2 Å². The fourth-order valence-electron chi connectivity index (χ4n) is 1.85.